The number of fused-ring (bicyclic) bond motifs is 2. The smallest absolute Gasteiger partial charge is 0.407 e. The van der Waals surface area contributed by atoms with Gasteiger partial charge in [-0.05, 0) is 89.5 Å². The van der Waals surface area contributed by atoms with Gasteiger partial charge >= 0.3 is 18.1 Å². The molecule has 0 spiro atoms. The number of alkyl halides is 1. The Labute approximate surface area is 318 Å². The van der Waals surface area contributed by atoms with Gasteiger partial charge in [-0.1, -0.05) is 11.6 Å². The molecule has 1 aromatic carbocycles. The molecule has 1 unspecified atom stereocenters. The monoisotopic (exact) mass is 774 g/mol. The van der Waals surface area contributed by atoms with E-state index in [-0.39, 0.29) is 65.7 Å². The third-order valence-electron chi connectivity index (χ3n) is 10.3. The molecule has 0 aliphatic carbocycles. The van der Waals surface area contributed by atoms with Crippen LogP contribution >= 0.6 is 11.6 Å². The Balaban J connectivity index is 1.36. The van der Waals surface area contributed by atoms with Gasteiger partial charge < -0.3 is 34.3 Å². The molecule has 3 fully saturated rings. The molecule has 3 aliphatic heterocycles. The van der Waals surface area contributed by atoms with Gasteiger partial charge in [-0.15, -0.1) is 0 Å². The molecule has 0 saturated carbocycles. The largest absolute Gasteiger partial charge is 0.481 e. The third kappa shape index (κ3) is 9.23. The lowest BCUT2D eigenvalue weighted by molar-refractivity contribution is -0.136. The molecule has 3 aliphatic rings. The molecular weight excluding hydrogens is 726 g/mol. The van der Waals surface area contributed by atoms with Crippen molar-refractivity contribution in [3.63, 3.8) is 0 Å². The number of amides is 1. The fraction of sp³-hybridized carbons (Fsp3) is 0.605. The van der Waals surface area contributed by atoms with Crippen molar-refractivity contribution in [2.75, 3.05) is 58.1 Å². The van der Waals surface area contributed by atoms with Crippen LogP contribution in [0.1, 0.15) is 71.3 Å². The number of nitrogens with one attached hydrogen (secondary N) is 1. The topological polar surface area (TPSA) is 148 Å². The van der Waals surface area contributed by atoms with Gasteiger partial charge in [-0.25, -0.2) is 13.6 Å². The predicted molar refractivity (Wildman–Crippen MR) is 199 cm³/mol. The number of nitrogens with zero attached hydrogens (tertiary/aromatic N) is 5. The van der Waals surface area contributed by atoms with Crippen LogP contribution in [0.15, 0.2) is 18.3 Å². The number of hydrogen-bond donors (Lipinski definition) is 2. The first kappa shape index (κ1) is 39.6. The van der Waals surface area contributed by atoms with E-state index in [9.17, 15) is 19.1 Å². The van der Waals surface area contributed by atoms with E-state index in [0.717, 1.165) is 32.2 Å². The van der Waals surface area contributed by atoms with Gasteiger partial charge in [0.1, 0.15) is 41.2 Å². The SMILES string of the molecule is COCOc1cc(Cl)c(CCC(=O)O)c(-c2ncc3c(N4CCCC(CCNC(=O)OC(C)(C)C)C4)nc(OC[C@@]45CCCN4C[C@H](F)C5)nc3c2F)c1. The van der Waals surface area contributed by atoms with Crippen molar-refractivity contribution in [2.24, 2.45) is 5.92 Å². The highest BCUT2D eigenvalue weighted by Crippen LogP contribution is 2.42. The quantitative estimate of drug-likeness (QED) is 0.171. The summed E-state index contributed by atoms with van der Waals surface area (Å²) in [5.74, 6) is -0.870. The standard InChI is InChI=1S/C38H49ClF2N6O7/c1-37(2,3)54-36(50)42-12-10-23-7-5-13-46(19-23)34-28-18-43-32(27-15-25(53-22-51-4)16-29(39)26(27)8-9-30(48)49)31(41)33(28)44-35(45-34)52-21-38-11-6-14-47(38)20-24(40)17-38/h15-16,18,23-24H,5-14,17,19-22H2,1-4H3,(H,42,50)(H,48,49)/t23?,24-,38+/m1/s1. The highest BCUT2D eigenvalue weighted by atomic mass is 35.5. The number of carboxylic acid groups (broad SMARTS) is 1. The van der Waals surface area contributed by atoms with Gasteiger partial charge in [-0.2, -0.15) is 9.97 Å². The molecule has 16 heteroatoms. The molecule has 3 saturated heterocycles. The van der Waals surface area contributed by atoms with Crippen LogP contribution in [0.5, 0.6) is 11.8 Å². The van der Waals surface area contributed by atoms with E-state index in [2.05, 4.69) is 25.1 Å². The Morgan fingerprint density at radius 1 is 1.15 bits per heavy atom. The van der Waals surface area contributed by atoms with Crippen LogP contribution in [0.4, 0.5) is 19.4 Å². The zero-order valence-corrected chi connectivity index (χ0v) is 32.0. The first-order chi connectivity index (χ1) is 25.7. The zero-order valence-electron chi connectivity index (χ0n) is 31.3. The van der Waals surface area contributed by atoms with Crippen molar-refractivity contribution in [1.82, 2.24) is 25.2 Å². The lowest BCUT2D eigenvalue weighted by atomic mass is 9.94. The third-order valence-corrected chi connectivity index (χ3v) is 10.6. The van der Waals surface area contributed by atoms with Crippen LogP contribution < -0.4 is 19.7 Å². The summed E-state index contributed by atoms with van der Waals surface area (Å²) in [5, 5.41) is 12.9. The predicted octanol–water partition coefficient (Wildman–Crippen LogP) is 6.57. The number of hydrogen-bond acceptors (Lipinski definition) is 11. The van der Waals surface area contributed by atoms with Crippen LogP contribution in [0.3, 0.4) is 0 Å². The number of carboxylic acids is 1. The second-order valence-corrected chi connectivity index (χ2v) is 15.8. The molecule has 0 radical (unpaired) electrons. The number of benzene rings is 1. The minimum Gasteiger partial charge on any atom is -0.481 e. The van der Waals surface area contributed by atoms with E-state index in [1.165, 1.54) is 19.4 Å². The summed E-state index contributed by atoms with van der Waals surface area (Å²) in [6, 6.07) is 3.05. The minimum atomic E-state index is -1.04. The molecule has 3 aromatic rings. The van der Waals surface area contributed by atoms with Gasteiger partial charge in [0.25, 0.3) is 0 Å². The van der Waals surface area contributed by atoms with Crippen LogP contribution in [0.2, 0.25) is 5.02 Å². The number of rotatable bonds is 14. The number of alkyl carbamates (subject to hydrolysis) is 1. The number of carbonyl (C=O) groups excluding carboxylic acids is 1. The van der Waals surface area contributed by atoms with Gasteiger partial charge in [0.05, 0.1) is 10.9 Å². The number of piperidine rings is 1. The Bertz CT molecular complexity index is 1850. The van der Waals surface area contributed by atoms with Gasteiger partial charge in [0, 0.05) is 62.9 Å². The van der Waals surface area contributed by atoms with E-state index >= 15 is 4.39 Å². The van der Waals surface area contributed by atoms with E-state index in [1.807, 2.05) is 20.8 Å². The summed E-state index contributed by atoms with van der Waals surface area (Å²) in [5.41, 5.74) is -0.557. The van der Waals surface area contributed by atoms with Crippen molar-refractivity contribution in [1.29, 1.82) is 0 Å². The Morgan fingerprint density at radius 3 is 2.72 bits per heavy atom. The molecule has 2 aromatic heterocycles. The van der Waals surface area contributed by atoms with E-state index in [0.29, 0.717) is 55.8 Å². The minimum absolute atomic E-state index is 0.0166. The number of carbonyl (C=O) groups is 2. The maximum Gasteiger partial charge on any atom is 0.407 e. The summed E-state index contributed by atoms with van der Waals surface area (Å²) in [6.07, 6.45) is 4.39. The summed E-state index contributed by atoms with van der Waals surface area (Å²) < 4.78 is 54.0. The van der Waals surface area contributed by atoms with Crippen LogP contribution in [0, 0.1) is 11.7 Å². The molecule has 3 atom stereocenters. The molecule has 5 heterocycles. The van der Waals surface area contributed by atoms with Crippen LogP contribution in [0.25, 0.3) is 22.2 Å². The Hall–Kier alpha value is -4.08. The van der Waals surface area contributed by atoms with E-state index in [1.54, 1.807) is 6.07 Å². The molecular formula is C38H49ClF2N6O7. The average molecular weight is 775 g/mol. The Morgan fingerprint density at radius 2 is 1.96 bits per heavy atom. The molecule has 13 nitrogen and oxygen atoms in total. The Kier molecular flexibility index (Phi) is 12.3. The second kappa shape index (κ2) is 16.7. The second-order valence-electron chi connectivity index (χ2n) is 15.4. The molecule has 0 bridgehead atoms. The number of aliphatic carboxylic acids is 1. The van der Waals surface area contributed by atoms with Gasteiger partial charge in [0.15, 0.2) is 12.6 Å². The van der Waals surface area contributed by atoms with Crippen molar-refractivity contribution in [3.05, 3.63) is 34.7 Å². The van der Waals surface area contributed by atoms with E-state index in [4.69, 9.17) is 35.5 Å². The summed E-state index contributed by atoms with van der Waals surface area (Å²) >= 11 is 6.64. The highest BCUT2D eigenvalue weighted by molar-refractivity contribution is 6.32. The molecule has 294 valence electrons. The van der Waals surface area contributed by atoms with E-state index < -0.39 is 35.2 Å². The van der Waals surface area contributed by atoms with Crippen LogP contribution in [-0.2, 0) is 20.7 Å². The maximum absolute atomic E-state index is 17.1. The summed E-state index contributed by atoms with van der Waals surface area (Å²) in [4.78, 5) is 42.0. The molecule has 6 rings (SSSR count). The first-order valence-corrected chi connectivity index (χ1v) is 18.9. The fourth-order valence-corrected chi connectivity index (χ4v) is 8.17. The number of ether oxygens (including phenoxy) is 4. The maximum atomic E-state index is 17.1. The lowest BCUT2D eigenvalue weighted by Gasteiger charge is -2.34. The number of methoxy groups -OCH3 is 1. The number of halogens is 3. The zero-order chi connectivity index (χ0) is 38.6. The van der Waals surface area contributed by atoms with Crippen molar-refractivity contribution < 1.29 is 42.4 Å². The molecule has 2 N–H and O–H groups in total. The van der Waals surface area contributed by atoms with Crippen molar-refractivity contribution in [3.8, 4) is 23.0 Å². The number of aromatic nitrogens is 3. The summed E-state index contributed by atoms with van der Waals surface area (Å²) in [6.45, 7) is 8.30. The average Bonchev–Trinajstić information content (AvgIpc) is 3.64. The highest BCUT2D eigenvalue weighted by Gasteiger charge is 2.49. The first-order valence-electron chi connectivity index (χ1n) is 18.5. The number of anilines is 1. The molecule has 54 heavy (non-hydrogen) atoms. The van der Waals surface area contributed by atoms with Crippen LogP contribution in [-0.4, -0.2) is 108 Å². The fourth-order valence-electron chi connectivity index (χ4n) is 7.87. The van der Waals surface area contributed by atoms with Gasteiger partial charge in [-0.3, -0.25) is 14.7 Å². The van der Waals surface area contributed by atoms with Crippen molar-refractivity contribution in [2.45, 2.75) is 89.4 Å². The summed E-state index contributed by atoms with van der Waals surface area (Å²) in [7, 11) is 1.46. The van der Waals surface area contributed by atoms with Gasteiger partial charge in [0.2, 0.25) is 0 Å². The van der Waals surface area contributed by atoms with Crippen molar-refractivity contribution >= 4 is 40.4 Å². The molecule has 1 amide bonds. The lowest BCUT2D eigenvalue weighted by Crippen LogP contribution is -2.43. The normalized spacial score (nSPS) is 21.6. The number of pyridine rings is 1.